The molecule has 3 amide bonds. The Balaban J connectivity index is 1.58. The second-order valence-corrected chi connectivity index (χ2v) is 9.54. The molecule has 0 unspecified atom stereocenters. The molecule has 0 saturated heterocycles. The van der Waals surface area contributed by atoms with Crippen molar-refractivity contribution in [3.63, 3.8) is 0 Å². The fourth-order valence-electron chi connectivity index (χ4n) is 4.27. The number of ether oxygens (including phenoxy) is 1. The van der Waals surface area contributed by atoms with Crippen molar-refractivity contribution < 1.29 is 23.5 Å². The molecule has 9 heteroatoms. The van der Waals surface area contributed by atoms with Crippen LogP contribution in [-0.2, 0) is 11.2 Å². The molecule has 38 heavy (non-hydrogen) atoms. The van der Waals surface area contributed by atoms with Crippen LogP contribution in [-0.4, -0.2) is 54.9 Å². The van der Waals surface area contributed by atoms with E-state index in [2.05, 4.69) is 10.6 Å². The van der Waals surface area contributed by atoms with Crippen LogP contribution in [0.5, 0.6) is 5.75 Å². The number of carbonyl (C=O) groups excluding carboxylic acids is 3. The number of fused-ring (bicyclic) bond motifs is 1. The Morgan fingerprint density at radius 1 is 1.03 bits per heavy atom. The number of benzene rings is 3. The van der Waals surface area contributed by atoms with E-state index in [1.807, 2.05) is 30.3 Å². The van der Waals surface area contributed by atoms with Crippen LogP contribution in [0, 0.1) is 5.82 Å². The molecule has 1 atom stereocenters. The lowest BCUT2D eigenvalue weighted by Gasteiger charge is -2.25. The molecule has 3 aromatic rings. The molecule has 0 radical (unpaired) electrons. The monoisotopic (exact) mass is 537 g/mol. The van der Waals surface area contributed by atoms with Crippen LogP contribution in [0.2, 0.25) is 5.02 Å². The van der Waals surface area contributed by atoms with Crippen molar-refractivity contribution in [1.82, 2.24) is 15.5 Å². The third-order valence-corrected chi connectivity index (χ3v) is 6.39. The first-order chi connectivity index (χ1) is 18.4. The third kappa shape index (κ3) is 7.55. The molecule has 0 aromatic heterocycles. The lowest BCUT2D eigenvalue weighted by molar-refractivity contribution is -0.122. The van der Waals surface area contributed by atoms with Crippen LogP contribution >= 0.6 is 11.6 Å². The van der Waals surface area contributed by atoms with Crippen molar-refractivity contribution in [2.45, 2.75) is 25.3 Å². The fourth-order valence-corrected chi connectivity index (χ4v) is 4.45. The highest BCUT2D eigenvalue weighted by Gasteiger charge is 2.23. The van der Waals surface area contributed by atoms with E-state index in [4.69, 9.17) is 16.3 Å². The van der Waals surface area contributed by atoms with Crippen molar-refractivity contribution in [2.24, 2.45) is 0 Å². The van der Waals surface area contributed by atoms with E-state index in [-0.39, 0.29) is 37.1 Å². The van der Waals surface area contributed by atoms with Gasteiger partial charge in [0, 0.05) is 23.7 Å². The van der Waals surface area contributed by atoms with Crippen molar-refractivity contribution in [3.05, 3.63) is 100 Å². The number of carbonyl (C=O) groups is 3. The summed E-state index contributed by atoms with van der Waals surface area (Å²) >= 11 is 6.14. The third-order valence-electron chi connectivity index (χ3n) is 6.15. The smallest absolute Gasteiger partial charge is 0.255 e. The van der Waals surface area contributed by atoms with Gasteiger partial charge in [0.1, 0.15) is 18.2 Å². The highest BCUT2D eigenvalue weighted by Crippen LogP contribution is 2.23. The zero-order valence-corrected chi connectivity index (χ0v) is 21.5. The van der Waals surface area contributed by atoms with Crippen LogP contribution in [0.1, 0.15) is 39.1 Å². The number of halogens is 2. The normalized spacial score (nSPS) is 17.2. The largest absolute Gasteiger partial charge is 0.491 e. The van der Waals surface area contributed by atoms with Gasteiger partial charge in [-0.15, -0.1) is 0 Å². The average molecular weight is 538 g/mol. The van der Waals surface area contributed by atoms with Crippen LogP contribution in [0.3, 0.4) is 0 Å². The van der Waals surface area contributed by atoms with E-state index in [0.717, 1.165) is 11.6 Å². The topological polar surface area (TPSA) is 87.7 Å². The zero-order valence-electron chi connectivity index (χ0n) is 20.8. The predicted molar refractivity (Wildman–Crippen MR) is 143 cm³/mol. The summed E-state index contributed by atoms with van der Waals surface area (Å²) in [6.07, 6.45) is 1.56. The van der Waals surface area contributed by atoms with Gasteiger partial charge in [0.2, 0.25) is 5.91 Å². The molecule has 1 aliphatic heterocycles. The van der Waals surface area contributed by atoms with E-state index in [1.54, 1.807) is 18.2 Å². The summed E-state index contributed by atoms with van der Waals surface area (Å²) < 4.78 is 19.8. The van der Waals surface area contributed by atoms with Gasteiger partial charge in [0.05, 0.1) is 18.2 Å². The zero-order chi connectivity index (χ0) is 26.9. The van der Waals surface area contributed by atoms with Gasteiger partial charge in [-0.1, -0.05) is 48.0 Å². The molecule has 0 fully saturated rings. The number of nitrogens with zero attached hydrogens (tertiary/aromatic N) is 1. The summed E-state index contributed by atoms with van der Waals surface area (Å²) in [6, 6.07) is 19.4. The first-order valence-corrected chi connectivity index (χ1v) is 12.9. The summed E-state index contributed by atoms with van der Waals surface area (Å²) in [5.74, 6) is -1.29. The minimum atomic E-state index is -0.527. The first-order valence-electron chi connectivity index (χ1n) is 12.5. The Morgan fingerprint density at radius 3 is 2.63 bits per heavy atom. The van der Waals surface area contributed by atoms with E-state index in [0.29, 0.717) is 42.1 Å². The van der Waals surface area contributed by atoms with Crippen LogP contribution in [0.25, 0.3) is 0 Å². The van der Waals surface area contributed by atoms with Gasteiger partial charge in [0.25, 0.3) is 11.8 Å². The fraction of sp³-hybridized carbons (Fsp3) is 0.276. The van der Waals surface area contributed by atoms with Gasteiger partial charge in [0.15, 0.2) is 0 Å². The maximum absolute atomic E-state index is 13.8. The summed E-state index contributed by atoms with van der Waals surface area (Å²) in [7, 11) is 0. The molecule has 198 valence electrons. The Hall–Kier alpha value is -3.91. The van der Waals surface area contributed by atoms with Gasteiger partial charge in [-0.25, -0.2) is 4.39 Å². The van der Waals surface area contributed by atoms with Crippen LogP contribution < -0.4 is 15.4 Å². The SMILES string of the molecule is O=C1CN(C(=O)c2cccc(F)c2)CCCCNC(=O)c2cc(Cl)ccc2OC[C@@H](Cc2ccccc2)N1. The second-order valence-electron chi connectivity index (χ2n) is 9.11. The Labute approximate surface area is 225 Å². The minimum Gasteiger partial charge on any atom is -0.491 e. The van der Waals surface area contributed by atoms with E-state index >= 15 is 0 Å². The van der Waals surface area contributed by atoms with Crippen molar-refractivity contribution >= 4 is 29.3 Å². The summed E-state index contributed by atoms with van der Waals surface area (Å²) in [5.41, 5.74) is 1.46. The van der Waals surface area contributed by atoms with Crippen molar-refractivity contribution in [3.8, 4) is 5.75 Å². The average Bonchev–Trinajstić information content (AvgIpc) is 2.91. The highest BCUT2D eigenvalue weighted by atomic mass is 35.5. The minimum absolute atomic E-state index is 0.0837. The molecule has 0 bridgehead atoms. The first kappa shape index (κ1) is 27.1. The van der Waals surface area contributed by atoms with Crippen LogP contribution in [0.15, 0.2) is 72.8 Å². The molecule has 2 N–H and O–H groups in total. The van der Waals surface area contributed by atoms with Gasteiger partial charge < -0.3 is 20.3 Å². The van der Waals surface area contributed by atoms with Crippen molar-refractivity contribution in [2.75, 3.05) is 26.2 Å². The standard InChI is InChI=1S/C29H29ClFN3O4/c30-22-11-12-26-25(17-22)28(36)32-13-4-5-14-34(29(37)21-9-6-10-23(31)16-21)18-27(35)33-24(19-38-26)15-20-7-2-1-3-8-20/h1-3,6-12,16-17,24H,4-5,13-15,18-19H2,(H,32,36)(H,33,35)/t24-/m1/s1. The number of amides is 3. The molecule has 4 rings (SSSR count). The molecule has 0 saturated carbocycles. The van der Waals surface area contributed by atoms with Gasteiger partial charge in [-0.3, -0.25) is 14.4 Å². The van der Waals surface area contributed by atoms with Gasteiger partial charge >= 0.3 is 0 Å². The van der Waals surface area contributed by atoms with E-state index < -0.39 is 17.8 Å². The number of rotatable bonds is 3. The van der Waals surface area contributed by atoms with Gasteiger partial charge in [-0.05, 0) is 61.2 Å². The van der Waals surface area contributed by atoms with Crippen LogP contribution in [0.4, 0.5) is 4.39 Å². The summed E-state index contributed by atoms with van der Waals surface area (Å²) in [5, 5.41) is 6.25. The molecule has 7 nitrogen and oxygen atoms in total. The molecule has 0 spiro atoms. The molecule has 0 aliphatic carbocycles. The maximum Gasteiger partial charge on any atom is 0.255 e. The molecule has 1 aliphatic rings. The number of nitrogens with one attached hydrogen (secondary N) is 2. The second kappa shape index (κ2) is 13.1. The van der Waals surface area contributed by atoms with E-state index in [9.17, 15) is 18.8 Å². The molecular weight excluding hydrogens is 509 g/mol. The number of hydrogen-bond acceptors (Lipinski definition) is 4. The van der Waals surface area contributed by atoms with E-state index in [1.165, 1.54) is 23.1 Å². The number of hydrogen-bond donors (Lipinski definition) is 2. The summed E-state index contributed by atoms with van der Waals surface area (Å²) in [6.45, 7) is 0.510. The highest BCUT2D eigenvalue weighted by molar-refractivity contribution is 6.31. The molecular formula is C29H29ClFN3O4. The Morgan fingerprint density at radius 2 is 1.84 bits per heavy atom. The lowest BCUT2D eigenvalue weighted by atomic mass is 10.1. The molecule has 1 heterocycles. The lowest BCUT2D eigenvalue weighted by Crippen LogP contribution is -2.47. The Kier molecular flexibility index (Phi) is 9.32. The molecule has 3 aromatic carbocycles. The van der Waals surface area contributed by atoms with Crippen molar-refractivity contribution in [1.29, 1.82) is 0 Å². The summed E-state index contributed by atoms with van der Waals surface area (Å²) in [4.78, 5) is 40.6. The maximum atomic E-state index is 13.8. The van der Waals surface area contributed by atoms with Gasteiger partial charge in [-0.2, -0.15) is 0 Å². The Bertz CT molecular complexity index is 1290. The quantitative estimate of drug-likeness (QED) is 0.523. The predicted octanol–water partition coefficient (Wildman–Crippen LogP) is 4.25.